The van der Waals surface area contributed by atoms with Crippen LogP contribution < -0.4 is 0 Å². The number of amides is 1. The Labute approximate surface area is 195 Å². The summed E-state index contributed by atoms with van der Waals surface area (Å²) in [5.74, 6) is -0.342. The molecule has 1 N–H and O–H groups in total. The number of carbonyl (C=O) groups is 1. The van der Waals surface area contributed by atoms with E-state index in [1.807, 2.05) is 26.0 Å². The van der Waals surface area contributed by atoms with Gasteiger partial charge >= 0.3 is 6.09 Å². The fourth-order valence-corrected chi connectivity index (χ4v) is 4.82. The van der Waals surface area contributed by atoms with E-state index in [1.54, 1.807) is 18.3 Å². The summed E-state index contributed by atoms with van der Waals surface area (Å²) in [5.41, 5.74) is 2.77. The van der Waals surface area contributed by atoms with Crippen molar-refractivity contribution in [2.45, 2.75) is 51.2 Å². The summed E-state index contributed by atoms with van der Waals surface area (Å²) in [6.45, 7) is 4.28. The summed E-state index contributed by atoms with van der Waals surface area (Å²) >= 11 is 0. The first-order chi connectivity index (χ1) is 16.2. The molecule has 1 aromatic heterocycles. The van der Waals surface area contributed by atoms with Crippen LogP contribution in [0.2, 0.25) is 0 Å². The Kier molecular flexibility index (Phi) is 6.84. The van der Waals surface area contributed by atoms with Crippen LogP contribution in [0.3, 0.4) is 0 Å². The number of piperidine rings is 1. The first kappa shape index (κ1) is 24.1. The van der Waals surface area contributed by atoms with Gasteiger partial charge in [0.25, 0.3) is 6.43 Å². The van der Waals surface area contributed by atoms with Crippen LogP contribution in [0.1, 0.15) is 42.6 Å². The molecule has 0 radical (unpaired) electrons. The maximum absolute atomic E-state index is 13.6. The number of rotatable bonds is 7. The lowest BCUT2D eigenvalue weighted by Crippen LogP contribution is -2.47. The molecule has 0 aliphatic carbocycles. The van der Waals surface area contributed by atoms with Crippen molar-refractivity contribution in [2.75, 3.05) is 19.7 Å². The maximum atomic E-state index is 13.6. The zero-order valence-corrected chi connectivity index (χ0v) is 19.2. The molecular weight excluding hydrogens is 447 g/mol. The quantitative estimate of drug-likeness (QED) is 0.487. The zero-order chi connectivity index (χ0) is 24.5. The number of hydrogen-bond donors (Lipinski definition) is 1. The highest BCUT2D eigenvalue weighted by Crippen LogP contribution is 2.38. The molecule has 2 aromatic carbocycles. The third kappa shape index (κ3) is 4.89. The van der Waals surface area contributed by atoms with E-state index >= 15 is 0 Å². The number of fused-ring (bicyclic) bond motifs is 1. The van der Waals surface area contributed by atoms with Crippen LogP contribution in [0, 0.1) is 12.7 Å². The molecule has 1 fully saturated rings. The SMILES string of the molecule is Cc1cc(C(C)OCC2(c3ccc(F)cc3)CCN(C(=O)O)CC2)c2c(cnn2CC(F)F)c1. The van der Waals surface area contributed by atoms with Crippen LogP contribution in [-0.4, -0.2) is 52.0 Å². The van der Waals surface area contributed by atoms with Crippen molar-refractivity contribution in [1.29, 1.82) is 0 Å². The highest BCUT2D eigenvalue weighted by atomic mass is 19.3. The fourth-order valence-electron chi connectivity index (χ4n) is 4.82. The van der Waals surface area contributed by atoms with E-state index < -0.39 is 30.6 Å². The third-order valence-corrected chi connectivity index (χ3v) is 6.71. The van der Waals surface area contributed by atoms with E-state index in [1.165, 1.54) is 21.7 Å². The number of halogens is 3. The number of alkyl halides is 2. The molecule has 0 saturated carbocycles. The highest BCUT2D eigenvalue weighted by Gasteiger charge is 2.38. The Balaban J connectivity index is 1.62. The lowest BCUT2D eigenvalue weighted by atomic mass is 9.73. The van der Waals surface area contributed by atoms with Gasteiger partial charge in [-0.25, -0.2) is 18.0 Å². The average Bonchev–Trinajstić information content (AvgIpc) is 3.19. The predicted octanol–water partition coefficient (Wildman–Crippen LogP) is 5.54. The van der Waals surface area contributed by atoms with Crippen molar-refractivity contribution in [3.8, 4) is 0 Å². The monoisotopic (exact) mass is 475 g/mol. The summed E-state index contributed by atoms with van der Waals surface area (Å²) < 4.78 is 47.5. The Morgan fingerprint density at radius 2 is 1.88 bits per heavy atom. The van der Waals surface area contributed by atoms with E-state index in [-0.39, 0.29) is 12.4 Å². The van der Waals surface area contributed by atoms with E-state index in [0.29, 0.717) is 31.4 Å². The maximum Gasteiger partial charge on any atom is 0.407 e. The first-order valence-corrected chi connectivity index (χ1v) is 11.3. The van der Waals surface area contributed by atoms with Gasteiger partial charge in [0.15, 0.2) is 0 Å². The van der Waals surface area contributed by atoms with E-state index in [0.717, 1.165) is 22.1 Å². The summed E-state index contributed by atoms with van der Waals surface area (Å²) in [7, 11) is 0. The summed E-state index contributed by atoms with van der Waals surface area (Å²) in [6.07, 6.45) is -1.27. The minimum absolute atomic E-state index is 0.283. The van der Waals surface area contributed by atoms with Gasteiger partial charge in [-0.15, -0.1) is 0 Å². The van der Waals surface area contributed by atoms with Crippen molar-refractivity contribution in [2.24, 2.45) is 0 Å². The standard InChI is InChI=1S/C25H28F3N3O3/c1-16-11-18-13-29-31(14-22(27)28)23(18)21(12-16)17(2)34-15-25(19-3-5-20(26)6-4-19)7-9-30(10-8-25)24(32)33/h3-6,11-13,17,22H,7-10,14-15H2,1-2H3,(H,32,33). The predicted molar refractivity (Wildman–Crippen MR) is 122 cm³/mol. The van der Waals surface area contributed by atoms with E-state index in [9.17, 15) is 23.1 Å². The molecule has 1 unspecified atom stereocenters. The molecule has 2 heterocycles. The van der Waals surface area contributed by atoms with Gasteiger partial charge in [-0.2, -0.15) is 5.10 Å². The van der Waals surface area contributed by atoms with Crippen LogP contribution in [0.4, 0.5) is 18.0 Å². The number of benzene rings is 2. The summed E-state index contributed by atoms with van der Waals surface area (Å²) in [6, 6.07) is 10.1. The number of aromatic nitrogens is 2. The Hall–Kier alpha value is -3.07. The topological polar surface area (TPSA) is 67.6 Å². The second-order valence-corrected chi connectivity index (χ2v) is 9.02. The van der Waals surface area contributed by atoms with Gasteiger partial charge in [0, 0.05) is 29.5 Å². The molecule has 3 aromatic rings. The van der Waals surface area contributed by atoms with Gasteiger partial charge in [0.1, 0.15) is 12.4 Å². The molecule has 1 saturated heterocycles. The summed E-state index contributed by atoms with van der Waals surface area (Å²) in [4.78, 5) is 12.8. The molecule has 0 bridgehead atoms. The molecule has 1 aliphatic heterocycles. The smallest absolute Gasteiger partial charge is 0.407 e. The minimum atomic E-state index is -2.53. The minimum Gasteiger partial charge on any atom is -0.465 e. The van der Waals surface area contributed by atoms with Crippen molar-refractivity contribution in [3.05, 3.63) is 65.1 Å². The number of ether oxygens (including phenoxy) is 1. The van der Waals surface area contributed by atoms with Gasteiger partial charge in [-0.3, -0.25) is 4.68 Å². The van der Waals surface area contributed by atoms with Crippen molar-refractivity contribution >= 4 is 17.0 Å². The lowest BCUT2D eigenvalue weighted by molar-refractivity contribution is 0.00541. The second kappa shape index (κ2) is 9.66. The number of likely N-dealkylation sites (tertiary alicyclic amines) is 1. The molecule has 1 atom stereocenters. The summed E-state index contributed by atoms with van der Waals surface area (Å²) in [5, 5.41) is 14.3. The first-order valence-electron chi connectivity index (χ1n) is 11.3. The van der Waals surface area contributed by atoms with E-state index in [4.69, 9.17) is 4.74 Å². The Morgan fingerprint density at radius 1 is 1.21 bits per heavy atom. The molecule has 6 nitrogen and oxygen atoms in total. The zero-order valence-electron chi connectivity index (χ0n) is 19.2. The molecule has 34 heavy (non-hydrogen) atoms. The normalized spacial score (nSPS) is 16.8. The van der Waals surface area contributed by atoms with Crippen molar-refractivity contribution < 1.29 is 27.8 Å². The Morgan fingerprint density at radius 3 is 2.50 bits per heavy atom. The van der Waals surface area contributed by atoms with Crippen molar-refractivity contribution in [1.82, 2.24) is 14.7 Å². The van der Waals surface area contributed by atoms with E-state index in [2.05, 4.69) is 5.10 Å². The number of nitrogens with zero attached hydrogens (tertiary/aromatic N) is 3. The molecule has 0 spiro atoms. The van der Waals surface area contributed by atoms with Gasteiger partial charge in [-0.05, 0) is 56.0 Å². The Bertz CT molecular complexity index is 1160. The highest BCUT2D eigenvalue weighted by molar-refractivity contribution is 5.83. The van der Waals surface area contributed by atoms with Crippen LogP contribution in [0.5, 0.6) is 0 Å². The molecule has 1 amide bonds. The van der Waals surface area contributed by atoms with Crippen LogP contribution >= 0.6 is 0 Å². The van der Waals surface area contributed by atoms with Gasteiger partial charge in [-0.1, -0.05) is 18.2 Å². The number of aryl methyl sites for hydroxylation is 1. The largest absolute Gasteiger partial charge is 0.465 e. The number of hydrogen-bond acceptors (Lipinski definition) is 3. The van der Waals surface area contributed by atoms with Gasteiger partial charge < -0.3 is 14.7 Å². The molecule has 182 valence electrons. The second-order valence-electron chi connectivity index (χ2n) is 9.02. The van der Waals surface area contributed by atoms with Crippen LogP contribution in [0.25, 0.3) is 10.9 Å². The van der Waals surface area contributed by atoms with Crippen LogP contribution in [-0.2, 0) is 16.7 Å². The molecule has 9 heteroatoms. The number of carboxylic acid groups (broad SMARTS) is 1. The molecule has 4 rings (SSSR count). The van der Waals surface area contributed by atoms with Gasteiger partial charge in [0.2, 0.25) is 0 Å². The third-order valence-electron chi connectivity index (χ3n) is 6.71. The lowest BCUT2D eigenvalue weighted by Gasteiger charge is -2.41. The fraction of sp³-hybridized carbons (Fsp3) is 0.440. The molecule has 1 aliphatic rings. The van der Waals surface area contributed by atoms with Crippen molar-refractivity contribution in [3.63, 3.8) is 0 Å². The van der Waals surface area contributed by atoms with Crippen LogP contribution in [0.15, 0.2) is 42.6 Å². The van der Waals surface area contributed by atoms with Gasteiger partial charge in [0.05, 0.1) is 24.4 Å². The molecular formula is C25H28F3N3O3. The average molecular weight is 476 g/mol.